The summed E-state index contributed by atoms with van der Waals surface area (Å²) in [6.07, 6.45) is -2.11. The first kappa shape index (κ1) is 61.7. The molecular weight excluding hydrogens is 1080 g/mol. The molecule has 0 N–H and O–H groups in total. The van der Waals surface area contributed by atoms with E-state index in [1.165, 1.54) is 42.0 Å². The number of likely N-dealkylation sites (N-methyl/N-ethyl adjacent to an activating group) is 4. The largest absolute Gasteiger partial charge is 0.451 e. The third-order valence-electron chi connectivity index (χ3n) is 13.1. The van der Waals surface area contributed by atoms with Crippen molar-refractivity contribution in [2.45, 2.75) is 163 Å². The van der Waals surface area contributed by atoms with Gasteiger partial charge in [0.1, 0.15) is 24.2 Å². The second-order valence-corrected chi connectivity index (χ2v) is 22.7. The lowest BCUT2D eigenvalue weighted by Gasteiger charge is -2.35. The van der Waals surface area contributed by atoms with Gasteiger partial charge in [-0.15, -0.1) is 0 Å². The highest BCUT2D eigenvalue weighted by molar-refractivity contribution is 14.1. The molecule has 1 aliphatic heterocycles. The summed E-state index contributed by atoms with van der Waals surface area (Å²) < 4.78 is 26.8. The predicted molar refractivity (Wildman–Crippen MR) is 289 cm³/mol. The van der Waals surface area contributed by atoms with Crippen LogP contribution in [0.25, 0.3) is 0 Å². The fourth-order valence-corrected chi connectivity index (χ4v) is 9.36. The van der Waals surface area contributed by atoms with E-state index in [2.05, 4.69) is 27.7 Å². The normalized spacial score (nSPS) is 24.0. The van der Waals surface area contributed by atoms with E-state index in [0.717, 1.165) is 28.7 Å². The van der Waals surface area contributed by atoms with E-state index in [0.29, 0.717) is 17.7 Å². The monoisotopic (exact) mass is 1150 g/mol. The molecule has 2 aromatic carbocycles. The molecule has 8 atom stereocenters. The Kier molecular flexibility index (Phi) is 23.3. The molecule has 19 heteroatoms. The van der Waals surface area contributed by atoms with Gasteiger partial charge in [0.15, 0.2) is 24.4 Å². The maximum Gasteiger partial charge on any atom is 0.329 e. The number of hydrogen-bond donors (Lipinski definition) is 0. The van der Waals surface area contributed by atoms with Crippen LogP contribution in [0.3, 0.4) is 0 Å². The molecular formula is C56H79IN6O12. The van der Waals surface area contributed by atoms with Crippen molar-refractivity contribution in [3.8, 4) is 0 Å². The van der Waals surface area contributed by atoms with E-state index < -0.39 is 96.1 Å². The summed E-state index contributed by atoms with van der Waals surface area (Å²) in [4.78, 5) is 121. The Morgan fingerprint density at radius 3 is 1.12 bits per heavy atom. The highest BCUT2D eigenvalue weighted by Crippen LogP contribution is 2.24. The van der Waals surface area contributed by atoms with Crippen molar-refractivity contribution in [3.05, 3.63) is 87.3 Å². The molecule has 1 aliphatic rings. The van der Waals surface area contributed by atoms with Gasteiger partial charge in [0.25, 0.3) is 23.6 Å². The number of nitrogens with zero attached hydrogens (tertiary/aromatic N) is 6. The summed E-state index contributed by atoms with van der Waals surface area (Å²) in [5.41, 5.74) is 2.19. The molecule has 0 saturated carbocycles. The van der Waals surface area contributed by atoms with E-state index in [4.69, 9.17) is 18.9 Å². The van der Waals surface area contributed by atoms with Crippen LogP contribution < -0.4 is 0 Å². The lowest BCUT2D eigenvalue weighted by molar-refractivity contribution is -0.176. The van der Waals surface area contributed by atoms with Gasteiger partial charge in [0, 0.05) is 47.2 Å². The van der Waals surface area contributed by atoms with Crippen molar-refractivity contribution < 1.29 is 57.3 Å². The summed E-state index contributed by atoms with van der Waals surface area (Å²) in [6.45, 7) is 18.0. The third kappa shape index (κ3) is 17.9. The second-order valence-electron chi connectivity index (χ2n) is 21.5. The summed E-state index contributed by atoms with van der Waals surface area (Å²) >= 11 is 2.18. The zero-order valence-corrected chi connectivity index (χ0v) is 48.3. The molecule has 1 saturated heterocycles. The van der Waals surface area contributed by atoms with E-state index in [1.54, 1.807) is 53.3 Å². The fraction of sp³-hybridized carbons (Fsp3) is 0.589. The average molecular weight is 1160 g/mol. The molecule has 0 spiro atoms. The van der Waals surface area contributed by atoms with Crippen LogP contribution in [0.2, 0.25) is 0 Å². The van der Waals surface area contributed by atoms with Gasteiger partial charge in [0.2, 0.25) is 0 Å². The molecule has 4 rings (SSSR count). The van der Waals surface area contributed by atoms with Crippen LogP contribution >= 0.6 is 22.6 Å². The summed E-state index contributed by atoms with van der Waals surface area (Å²) in [6, 6.07) is 11.2. The van der Waals surface area contributed by atoms with Gasteiger partial charge in [0.05, 0.1) is 16.3 Å². The van der Waals surface area contributed by atoms with Gasteiger partial charge in [-0.1, -0.05) is 110 Å². The number of carbonyl (C=O) groups is 8. The van der Waals surface area contributed by atoms with Crippen molar-refractivity contribution >= 4 is 70.1 Å². The summed E-state index contributed by atoms with van der Waals surface area (Å²) in [5.74, 6) is -7.27. The standard InChI is InChI=1S/C56H79IN6O12/c1-33(2)24-43-53(68)72-38(10)50(65)60(12)46(27-36(7)8)56(71)75-48(29-40-20-22-41(23-21-40)31-63-32-42(57)30-58-63)52(67)62(14)44(25-34(3)4)54(69)73-37(9)49(64)59(11)45(26-35(5)6)55(70)74-47(51(66)61(43)13)28-39-18-16-15-17-19-39/h15-23,30,32-38,43-48H,24-29,31H2,1-14H3/t37-,38-,43+,44+,45+,46+,47-,48-/m1/s1. The average Bonchev–Trinajstić information content (AvgIpc) is 3.77. The number of esters is 4. The fourth-order valence-electron chi connectivity index (χ4n) is 8.92. The Bertz CT molecular complexity index is 2410. The first-order valence-corrected chi connectivity index (χ1v) is 26.9. The SMILES string of the molecule is CC(C)C[C@H]1C(=O)O[C@H](Cc2ccc(Cn3cc(I)cn3)cc2)C(=O)N(C)[C@@H](CC(C)C)C(=O)O[C@H](C)C(=O)N(C)[C@@H](CC(C)C)C(=O)O[C@H](Cc2ccccc2)C(=O)N(C)[C@@H](CC(C)C)C(=O)O[C@H](C)C(=O)N1C. The topological polar surface area (TPSA) is 204 Å². The van der Waals surface area contributed by atoms with E-state index in [9.17, 15) is 38.4 Å². The lowest BCUT2D eigenvalue weighted by Crippen LogP contribution is -2.55. The minimum atomic E-state index is -1.52. The molecule has 0 aliphatic carbocycles. The number of aromatic nitrogens is 2. The van der Waals surface area contributed by atoms with Crippen LogP contribution in [0, 0.1) is 27.2 Å². The first-order chi connectivity index (χ1) is 35.2. The van der Waals surface area contributed by atoms with Gasteiger partial charge in [-0.2, -0.15) is 5.10 Å². The summed E-state index contributed by atoms with van der Waals surface area (Å²) in [5, 5.41) is 4.36. The Labute approximate surface area is 456 Å². The Hall–Kier alpha value is -5.86. The van der Waals surface area contributed by atoms with Crippen molar-refractivity contribution in [2.24, 2.45) is 23.7 Å². The van der Waals surface area contributed by atoms with Crippen LogP contribution in [0.5, 0.6) is 0 Å². The highest BCUT2D eigenvalue weighted by Gasteiger charge is 2.43. The Morgan fingerprint density at radius 1 is 0.467 bits per heavy atom. The lowest BCUT2D eigenvalue weighted by atomic mass is 9.99. The molecule has 1 aromatic heterocycles. The van der Waals surface area contributed by atoms with Crippen LogP contribution in [-0.4, -0.2) is 154 Å². The number of benzene rings is 2. The molecule has 3 aromatic rings. The highest BCUT2D eigenvalue weighted by atomic mass is 127. The van der Waals surface area contributed by atoms with Crippen molar-refractivity contribution in [2.75, 3.05) is 28.2 Å². The Morgan fingerprint density at radius 2 is 0.787 bits per heavy atom. The molecule has 18 nitrogen and oxygen atoms in total. The zero-order chi connectivity index (χ0) is 56.0. The number of halogens is 1. The first-order valence-electron chi connectivity index (χ1n) is 25.9. The van der Waals surface area contributed by atoms with Gasteiger partial charge < -0.3 is 38.5 Å². The van der Waals surface area contributed by atoms with E-state index in [-0.39, 0.29) is 62.2 Å². The number of rotatable bonds is 14. The summed E-state index contributed by atoms with van der Waals surface area (Å²) in [7, 11) is 5.57. The predicted octanol–water partition coefficient (Wildman–Crippen LogP) is 6.51. The van der Waals surface area contributed by atoms with Crippen molar-refractivity contribution in [3.63, 3.8) is 0 Å². The zero-order valence-electron chi connectivity index (χ0n) is 46.2. The smallest absolute Gasteiger partial charge is 0.329 e. The molecule has 0 unspecified atom stereocenters. The van der Waals surface area contributed by atoms with Crippen molar-refractivity contribution in [1.82, 2.24) is 29.4 Å². The molecule has 1 fully saturated rings. The molecule has 4 amide bonds. The van der Waals surface area contributed by atoms with E-state index in [1.807, 2.05) is 73.7 Å². The number of hydrogen-bond acceptors (Lipinski definition) is 13. The number of amides is 4. The van der Waals surface area contributed by atoms with Crippen LogP contribution in [0.15, 0.2) is 67.0 Å². The number of carbonyl (C=O) groups excluding carboxylic acids is 8. The van der Waals surface area contributed by atoms with Crippen LogP contribution in [0.4, 0.5) is 0 Å². The minimum Gasteiger partial charge on any atom is -0.451 e. The number of ether oxygens (including phenoxy) is 4. The third-order valence-corrected chi connectivity index (χ3v) is 13.7. The van der Waals surface area contributed by atoms with Gasteiger partial charge >= 0.3 is 23.9 Å². The van der Waals surface area contributed by atoms with Crippen LogP contribution in [-0.2, 0) is 76.7 Å². The maximum absolute atomic E-state index is 14.9. The van der Waals surface area contributed by atoms with Gasteiger partial charge in [-0.05, 0) is 102 Å². The number of cyclic esters (lactones) is 4. The Balaban J connectivity index is 1.85. The van der Waals surface area contributed by atoms with Crippen molar-refractivity contribution in [1.29, 1.82) is 0 Å². The molecule has 0 bridgehead atoms. The second kappa shape index (κ2) is 28.3. The quantitative estimate of drug-likeness (QED) is 0.0961. The van der Waals surface area contributed by atoms with Crippen LogP contribution in [0.1, 0.15) is 112 Å². The molecule has 2 heterocycles. The van der Waals surface area contributed by atoms with E-state index >= 15 is 0 Å². The molecule has 75 heavy (non-hydrogen) atoms. The molecule has 0 radical (unpaired) electrons. The molecule has 412 valence electrons. The van der Waals surface area contributed by atoms with Gasteiger partial charge in [-0.25, -0.2) is 19.2 Å². The minimum absolute atomic E-state index is 0.0880. The maximum atomic E-state index is 14.9. The van der Waals surface area contributed by atoms with Gasteiger partial charge in [-0.3, -0.25) is 23.9 Å².